The van der Waals surface area contributed by atoms with Crippen LogP contribution in [0.25, 0.3) is 0 Å². The zero-order chi connectivity index (χ0) is 30.1. The Morgan fingerprint density at radius 2 is 1.20 bits per heavy atom. The first kappa shape index (κ1) is 30.6. The molecule has 0 radical (unpaired) electrons. The number of amides is 2. The first-order chi connectivity index (χ1) is 18.3. The van der Waals surface area contributed by atoms with Gasteiger partial charge in [-0.1, -0.05) is 42.5 Å². The van der Waals surface area contributed by atoms with E-state index in [0.717, 1.165) is 18.2 Å². The lowest BCUT2D eigenvalue weighted by molar-refractivity contribution is -0.118. The SMILES string of the molecule is NC(=O)C(c1cccc(CC(=O)Nc2cccc(S(=O)(=O)C(F)(F)F)c2)c1)c1cccc(S(=O)(=O)C(F)(F)F)c1. The number of carbonyl (C=O) groups excluding carboxylic acids is 2. The first-order valence-corrected chi connectivity index (χ1v) is 13.8. The van der Waals surface area contributed by atoms with E-state index in [4.69, 9.17) is 5.73 Å². The Kier molecular flexibility index (Phi) is 8.36. The lowest BCUT2D eigenvalue weighted by Crippen LogP contribution is -2.25. The van der Waals surface area contributed by atoms with Crippen molar-refractivity contribution in [3.8, 4) is 0 Å². The summed E-state index contributed by atoms with van der Waals surface area (Å²) in [5.74, 6) is -3.23. The highest BCUT2D eigenvalue weighted by molar-refractivity contribution is 7.92. The molecule has 0 bridgehead atoms. The van der Waals surface area contributed by atoms with Crippen molar-refractivity contribution in [1.82, 2.24) is 0 Å². The summed E-state index contributed by atoms with van der Waals surface area (Å²) in [4.78, 5) is 22.6. The smallest absolute Gasteiger partial charge is 0.369 e. The van der Waals surface area contributed by atoms with E-state index in [1.165, 1.54) is 30.3 Å². The number of halogens is 6. The largest absolute Gasteiger partial charge is 0.501 e. The first-order valence-electron chi connectivity index (χ1n) is 10.9. The molecule has 0 aromatic heterocycles. The molecule has 0 saturated carbocycles. The summed E-state index contributed by atoms with van der Waals surface area (Å²) >= 11 is 0. The summed E-state index contributed by atoms with van der Waals surface area (Å²) in [5, 5.41) is 2.26. The van der Waals surface area contributed by atoms with Crippen LogP contribution in [0.4, 0.5) is 32.0 Å². The van der Waals surface area contributed by atoms with Crippen LogP contribution < -0.4 is 11.1 Å². The monoisotopic (exact) mass is 608 g/mol. The van der Waals surface area contributed by atoms with Gasteiger partial charge in [-0.05, 0) is 47.0 Å². The molecule has 0 fully saturated rings. The normalized spacial score (nSPS) is 13.4. The Morgan fingerprint density at radius 1 is 0.725 bits per heavy atom. The van der Waals surface area contributed by atoms with Crippen molar-refractivity contribution >= 4 is 37.2 Å². The van der Waals surface area contributed by atoms with Gasteiger partial charge in [0.1, 0.15) is 0 Å². The minimum Gasteiger partial charge on any atom is -0.369 e. The summed E-state index contributed by atoms with van der Waals surface area (Å²) in [7, 11) is -11.4. The van der Waals surface area contributed by atoms with E-state index < -0.39 is 64.6 Å². The van der Waals surface area contributed by atoms with Crippen LogP contribution in [0.3, 0.4) is 0 Å². The second-order valence-corrected chi connectivity index (χ2v) is 12.2. The van der Waals surface area contributed by atoms with Crippen molar-refractivity contribution in [3.63, 3.8) is 0 Å². The second-order valence-electron chi connectivity index (χ2n) is 8.30. The van der Waals surface area contributed by atoms with Crippen molar-refractivity contribution in [3.05, 3.63) is 89.5 Å². The minimum absolute atomic E-state index is 0.109. The molecule has 0 aliphatic carbocycles. The summed E-state index contributed by atoms with van der Waals surface area (Å²) < 4.78 is 124. The van der Waals surface area contributed by atoms with E-state index in [2.05, 4.69) is 5.32 Å². The molecule has 1 unspecified atom stereocenters. The Hall–Kier alpha value is -3.92. The maximum atomic E-state index is 13.0. The molecular formula is C24H18F6N2O6S2. The molecule has 0 saturated heterocycles. The number of alkyl halides is 6. The van der Waals surface area contributed by atoms with Gasteiger partial charge < -0.3 is 11.1 Å². The average Bonchev–Trinajstić information content (AvgIpc) is 2.83. The molecule has 3 aromatic carbocycles. The van der Waals surface area contributed by atoms with Crippen LogP contribution in [-0.4, -0.2) is 39.7 Å². The number of sulfone groups is 2. The highest BCUT2D eigenvalue weighted by Crippen LogP contribution is 2.34. The minimum atomic E-state index is -5.72. The van der Waals surface area contributed by atoms with Crippen LogP contribution in [-0.2, 0) is 35.7 Å². The number of anilines is 1. The number of hydrogen-bond acceptors (Lipinski definition) is 6. The van der Waals surface area contributed by atoms with Gasteiger partial charge in [0.05, 0.1) is 22.1 Å². The molecule has 0 aliphatic rings. The van der Waals surface area contributed by atoms with Gasteiger partial charge in [-0.2, -0.15) is 26.3 Å². The third-order valence-electron chi connectivity index (χ3n) is 5.47. The predicted octanol–water partition coefficient (Wildman–Crippen LogP) is 4.07. The fraction of sp³-hybridized carbons (Fsp3) is 0.167. The number of rotatable bonds is 8. The third-order valence-corrected chi connectivity index (χ3v) is 8.44. The number of carbonyl (C=O) groups is 2. The van der Waals surface area contributed by atoms with E-state index in [1.54, 1.807) is 0 Å². The van der Waals surface area contributed by atoms with E-state index in [1.807, 2.05) is 0 Å². The fourth-order valence-electron chi connectivity index (χ4n) is 3.66. The van der Waals surface area contributed by atoms with Gasteiger partial charge in [-0.3, -0.25) is 9.59 Å². The second kappa shape index (κ2) is 10.9. The summed E-state index contributed by atoms with van der Waals surface area (Å²) in [5.41, 5.74) is -5.74. The number of primary amides is 1. The summed E-state index contributed by atoms with van der Waals surface area (Å²) in [6.45, 7) is 0. The van der Waals surface area contributed by atoms with Crippen LogP contribution >= 0.6 is 0 Å². The van der Waals surface area contributed by atoms with E-state index in [-0.39, 0.29) is 22.4 Å². The third kappa shape index (κ3) is 6.44. The van der Waals surface area contributed by atoms with E-state index >= 15 is 0 Å². The molecule has 2 amide bonds. The quantitative estimate of drug-likeness (QED) is 0.370. The maximum absolute atomic E-state index is 13.0. The van der Waals surface area contributed by atoms with E-state index in [9.17, 15) is 52.8 Å². The van der Waals surface area contributed by atoms with E-state index in [0.29, 0.717) is 24.3 Å². The number of benzene rings is 3. The zero-order valence-electron chi connectivity index (χ0n) is 19.8. The van der Waals surface area contributed by atoms with Gasteiger partial charge >= 0.3 is 11.0 Å². The van der Waals surface area contributed by atoms with Crippen LogP contribution in [0, 0.1) is 0 Å². The lowest BCUT2D eigenvalue weighted by atomic mass is 9.89. The highest BCUT2D eigenvalue weighted by atomic mass is 32.2. The van der Waals surface area contributed by atoms with Gasteiger partial charge in [-0.15, -0.1) is 0 Å². The van der Waals surface area contributed by atoms with Crippen molar-refractivity contribution in [1.29, 1.82) is 0 Å². The van der Waals surface area contributed by atoms with Crippen LogP contribution in [0.1, 0.15) is 22.6 Å². The zero-order valence-corrected chi connectivity index (χ0v) is 21.5. The Balaban J connectivity index is 1.87. The standard InChI is InChI=1S/C24H18F6N2O6S2/c25-23(26,27)39(35,36)18-8-2-6-16(12-18)21(22(31)34)15-5-1-4-14(10-15)11-20(33)32-17-7-3-9-19(13-17)40(37,38)24(28,29)30/h1-10,12-13,21H,11H2,(H2,31,34)(H,32,33). The van der Waals surface area contributed by atoms with Crippen molar-refractivity contribution in [2.75, 3.05) is 5.32 Å². The van der Waals surface area contributed by atoms with Crippen molar-refractivity contribution in [2.24, 2.45) is 5.73 Å². The summed E-state index contributed by atoms with van der Waals surface area (Å²) in [6, 6.07) is 12.6. The maximum Gasteiger partial charge on any atom is 0.501 e. The average molecular weight is 609 g/mol. The lowest BCUT2D eigenvalue weighted by Gasteiger charge is -2.17. The van der Waals surface area contributed by atoms with Gasteiger partial charge in [0.15, 0.2) is 0 Å². The van der Waals surface area contributed by atoms with Gasteiger partial charge in [-0.25, -0.2) is 16.8 Å². The molecule has 0 aliphatic heterocycles. The fourth-order valence-corrected chi connectivity index (χ4v) is 5.29. The molecule has 0 spiro atoms. The molecule has 3 rings (SSSR count). The molecule has 0 heterocycles. The predicted molar refractivity (Wildman–Crippen MR) is 129 cm³/mol. The molecule has 16 heteroatoms. The van der Waals surface area contributed by atoms with Crippen molar-refractivity contribution in [2.45, 2.75) is 33.1 Å². The Morgan fingerprint density at radius 3 is 1.73 bits per heavy atom. The van der Waals surface area contributed by atoms with Gasteiger partial charge in [0.25, 0.3) is 19.7 Å². The molecule has 214 valence electrons. The molecule has 8 nitrogen and oxygen atoms in total. The molecule has 3 aromatic rings. The Bertz CT molecular complexity index is 1670. The van der Waals surface area contributed by atoms with Crippen LogP contribution in [0.5, 0.6) is 0 Å². The van der Waals surface area contributed by atoms with Crippen LogP contribution in [0.2, 0.25) is 0 Å². The highest BCUT2D eigenvalue weighted by Gasteiger charge is 2.47. The summed E-state index contributed by atoms with van der Waals surface area (Å²) in [6.07, 6.45) is -0.419. The van der Waals surface area contributed by atoms with Gasteiger partial charge in [0, 0.05) is 5.69 Å². The topological polar surface area (TPSA) is 140 Å². The number of hydrogen-bond donors (Lipinski definition) is 2. The number of nitrogens with one attached hydrogen (secondary N) is 1. The van der Waals surface area contributed by atoms with Crippen molar-refractivity contribution < 1.29 is 52.8 Å². The Labute approximate surface area is 223 Å². The number of nitrogens with two attached hydrogens (primary N) is 1. The molecule has 1 atom stereocenters. The molecule has 40 heavy (non-hydrogen) atoms. The molecule has 3 N–H and O–H groups in total. The molecular weight excluding hydrogens is 590 g/mol. The van der Waals surface area contributed by atoms with Gasteiger partial charge in [0.2, 0.25) is 11.8 Å². The van der Waals surface area contributed by atoms with Crippen LogP contribution in [0.15, 0.2) is 82.6 Å².